The van der Waals surface area contributed by atoms with Crippen LogP contribution in [0.5, 0.6) is 23.0 Å². The highest BCUT2D eigenvalue weighted by Gasteiger charge is 2.23. The summed E-state index contributed by atoms with van der Waals surface area (Å²) in [6.07, 6.45) is 1.32. The molecule has 0 saturated heterocycles. The van der Waals surface area contributed by atoms with Crippen molar-refractivity contribution >= 4 is 23.6 Å². The second kappa shape index (κ2) is 17.5. The van der Waals surface area contributed by atoms with E-state index in [1.54, 1.807) is 30.0 Å². The summed E-state index contributed by atoms with van der Waals surface area (Å²) in [5, 5.41) is 8.43. The van der Waals surface area contributed by atoms with Crippen LogP contribution < -0.4 is 30.2 Å². The molecule has 3 N–H and O–H groups in total. The van der Waals surface area contributed by atoms with Crippen molar-refractivity contribution in [2.45, 2.75) is 51.7 Å². The van der Waals surface area contributed by atoms with Gasteiger partial charge in [-0.3, -0.25) is 24.1 Å². The Hall–Kier alpha value is -5.17. The number of benzene rings is 3. The third-order valence-electron chi connectivity index (χ3n) is 8.63. The molecule has 1 atom stereocenters. The van der Waals surface area contributed by atoms with Gasteiger partial charge in [-0.2, -0.15) is 0 Å². The van der Waals surface area contributed by atoms with Crippen LogP contribution in [0.15, 0.2) is 60.7 Å². The topological polar surface area (TPSA) is 139 Å². The molecule has 0 radical (unpaired) electrons. The van der Waals surface area contributed by atoms with Crippen LogP contribution >= 0.6 is 0 Å². The number of nitrogens with one attached hydrogen (secondary N) is 3. The Morgan fingerprint density at radius 1 is 0.960 bits per heavy atom. The lowest BCUT2D eigenvalue weighted by Crippen LogP contribution is -2.46. The summed E-state index contributed by atoms with van der Waals surface area (Å²) in [5.41, 5.74) is 1.78. The number of hydrogen-bond donors (Lipinski definition) is 3. The van der Waals surface area contributed by atoms with Crippen molar-refractivity contribution < 1.29 is 37.8 Å². The van der Waals surface area contributed by atoms with Gasteiger partial charge in [-0.05, 0) is 61.2 Å². The number of ether oxygens (including phenoxy) is 3. The van der Waals surface area contributed by atoms with Gasteiger partial charge in [0.25, 0.3) is 5.91 Å². The third kappa shape index (κ3) is 9.71. The average molecular weight is 690 g/mol. The quantitative estimate of drug-likeness (QED) is 0.377. The van der Waals surface area contributed by atoms with Crippen LogP contribution in [0.2, 0.25) is 0 Å². The van der Waals surface area contributed by atoms with Crippen molar-refractivity contribution in [3.8, 4) is 23.0 Å². The highest BCUT2D eigenvalue weighted by atomic mass is 19.1. The molecule has 3 aliphatic rings. The lowest BCUT2D eigenvalue weighted by molar-refractivity contribution is -0.133. The second-order valence-electron chi connectivity index (χ2n) is 12.2. The van der Waals surface area contributed by atoms with Gasteiger partial charge in [0, 0.05) is 56.8 Å². The normalized spacial score (nSPS) is 18.3. The summed E-state index contributed by atoms with van der Waals surface area (Å²) >= 11 is 0. The Bertz CT molecular complexity index is 1690. The SMILES string of the molecule is CC[C@@H]1NC(=O)CCCN(C(=O)CN2CCOc3ccccc3C2)CCCNC(=O)c2ccc(OC)c(c2)Oc2ccc(cc2F)CNC1=O. The molecule has 4 bridgehead atoms. The summed E-state index contributed by atoms with van der Waals surface area (Å²) in [4.78, 5) is 56.3. The fourth-order valence-electron chi connectivity index (χ4n) is 5.86. The zero-order chi connectivity index (χ0) is 35.5. The summed E-state index contributed by atoms with van der Waals surface area (Å²) < 4.78 is 32.2. The van der Waals surface area contributed by atoms with Crippen LogP contribution in [0.3, 0.4) is 0 Å². The van der Waals surface area contributed by atoms with E-state index in [0.717, 1.165) is 11.3 Å². The Labute approximate surface area is 291 Å². The fourth-order valence-corrected chi connectivity index (χ4v) is 5.86. The number of amides is 4. The molecular weight excluding hydrogens is 645 g/mol. The van der Waals surface area contributed by atoms with Crippen molar-refractivity contribution in [3.63, 3.8) is 0 Å². The first-order chi connectivity index (χ1) is 24.2. The maximum absolute atomic E-state index is 15.1. The number of carbonyl (C=O) groups is 4. The van der Waals surface area contributed by atoms with Crippen molar-refractivity contribution in [1.29, 1.82) is 0 Å². The van der Waals surface area contributed by atoms with E-state index in [9.17, 15) is 19.2 Å². The van der Waals surface area contributed by atoms with Gasteiger partial charge in [-0.15, -0.1) is 0 Å². The molecule has 0 aliphatic carbocycles. The van der Waals surface area contributed by atoms with Crippen LogP contribution in [0.25, 0.3) is 0 Å². The molecule has 3 heterocycles. The lowest BCUT2D eigenvalue weighted by atomic mass is 10.1. The van der Waals surface area contributed by atoms with E-state index in [1.807, 2.05) is 29.2 Å². The number of halogens is 1. The minimum Gasteiger partial charge on any atom is -0.493 e. The standard InChI is InChI=1S/C37H44FN5O7/c1-3-29-37(47)40-22-25-11-13-31(28(38)20-25)50-33-21-26(12-14-32(33)48-2)36(46)39-15-7-17-43(16-6-10-34(44)41-29)35(45)24-42-18-19-49-30-9-5-4-8-27(30)23-42/h4-5,8-9,11-14,20-21,29H,3,6-7,10,15-19,22-24H2,1-2H3,(H,39,46)(H,40,47)(H,41,44)/t29-/m0/s1. The first kappa shape index (κ1) is 36.1. The van der Waals surface area contributed by atoms with Crippen molar-refractivity contribution in [2.24, 2.45) is 0 Å². The van der Waals surface area contributed by atoms with E-state index in [4.69, 9.17) is 14.2 Å². The molecule has 0 fully saturated rings. The molecule has 12 nitrogen and oxygen atoms in total. The Balaban J connectivity index is 1.31. The number of rotatable bonds is 4. The summed E-state index contributed by atoms with van der Waals surface area (Å²) in [6, 6.07) is 15.9. The molecular formula is C37H44FN5O7. The van der Waals surface area contributed by atoms with E-state index in [1.165, 1.54) is 25.3 Å². The molecule has 0 saturated carbocycles. The second-order valence-corrected chi connectivity index (χ2v) is 12.2. The molecule has 3 aliphatic heterocycles. The zero-order valence-corrected chi connectivity index (χ0v) is 28.5. The van der Waals surface area contributed by atoms with Crippen LogP contribution in [0.4, 0.5) is 4.39 Å². The first-order valence-electron chi connectivity index (χ1n) is 16.9. The minimum atomic E-state index is -0.772. The van der Waals surface area contributed by atoms with Crippen molar-refractivity contribution in [3.05, 3.63) is 83.2 Å². The van der Waals surface area contributed by atoms with E-state index >= 15 is 4.39 Å². The molecule has 0 spiro atoms. The van der Waals surface area contributed by atoms with Gasteiger partial charge in [-0.1, -0.05) is 31.2 Å². The first-order valence-corrected chi connectivity index (χ1v) is 16.9. The molecule has 50 heavy (non-hydrogen) atoms. The molecule has 4 amide bonds. The van der Waals surface area contributed by atoms with Gasteiger partial charge in [0.05, 0.1) is 13.7 Å². The van der Waals surface area contributed by atoms with Gasteiger partial charge in [0.2, 0.25) is 17.7 Å². The number of para-hydroxylation sites is 1. The van der Waals surface area contributed by atoms with Crippen molar-refractivity contribution in [1.82, 2.24) is 25.8 Å². The summed E-state index contributed by atoms with van der Waals surface area (Å²) in [7, 11) is 1.44. The number of methoxy groups -OCH3 is 1. The van der Waals surface area contributed by atoms with E-state index < -0.39 is 17.8 Å². The van der Waals surface area contributed by atoms with Crippen molar-refractivity contribution in [2.75, 3.05) is 46.4 Å². The number of carbonyl (C=O) groups excluding carboxylic acids is 4. The van der Waals surface area contributed by atoms with Gasteiger partial charge in [0.15, 0.2) is 23.1 Å². The molecule has 0 unspecified atom stereocenters. The predicted molar refractivity (Wildman–Crippen MR) is 184 cm³/mol. The zero-order valence-electron chi connectivity index (χ0n) is 28.5. The van der Waals surface area contributed by atoms with Gasteiger partial charge < -0.3 is 35.1 Å². The third-order valence-corrected chi connectivity index (χ3v) is 8.63. The molecule has 13 heteroatoms. The highest BCUT2D eigenvalue weighted by molar-refractivity contribution is 5.95. The van der Waals surface area contributed by atoms with E-state index in [0.29, 0.717) is 63.4 Å². The van der Waals surface area contributed by atoms with Crippen LogP contribution in [0, 0.1) is 5.82 Å². The van der Waals surface area contributed by atoms with Crippen LogP contribution in [-0.4, -0.2) is 85.9 Å². The maximum atomic E-state index is 15.1. The summed E-state index contributed by atoms with van der Waals surface area (Å²) in [6.45, 7) is 4.56. The maximum Gasteiger partial charge on any atom is 0.251 e. The highest BCUT2D eigenvalue weighted by Crippen LogP contribution is 2.34. The molecule has 0 aromatic heterocycles. The molecule has 3 aromatic carbocycles. The fraction of sp³-hybridized carbons (Fsp3) is 0.405. The lowest BCUT2D eigenvalue weighted by Gasteiger charge is -2.27. The number of fused-ring (bicyclic) bond motifs is 17. The monoisotopic (exact) mass is 689 g/mol. The Morgan fingerprint density at radius 3 is 2.58 bits per heavy atom. The molecule has 266 valence electrons. The minimum absolute atomic E-state index is 0.0349. The predicted octanol–water partition coefficient (Wildman–Crippen LogP) is 3.77. The molecule has 3 aromatic rings. The van der Waals surface area contributed by atoms with Crippen LogP contribution in [0.1, 0.15) is 54.1 Å². The van der Waals surface area contributed by atoms with Gasteiger partial charge in [-0.25, -0.2) is 4.39 Å². The van der Waals surface area contributed by atoms with Gasteiger partial charge in [0.1, 0.15) is 18.4 Å². The van der Waals surface area contributed by atoms with Crippen LogP contribution in [-0.2, 0) is 27.5 Å². The summed E-state index contributed by atoms with van der Waals surface area (Å²) in [5.74, 6) is -0.643. The smallest absolute Gasteiger partial charge is 0.251 e. The Kier molecular flexibility index (Phi) is 12.6. The largest absolute Gasteiger partial charge is 0.493 e. The van der Waals surface area contributed by atoms with E-state index in [2.05, 4.69) is 16.0 Å². The number of nitrogens with zero attached hydrogens (tertiary/aromatic N) is 2. The molecule has 6 rings (SSSR count). The average Bonchev–Trinajstić information content (AvgIpc) is 3.32. The Morgan fingerprint density at radius 2 is 1.78 bits per heavy atom. The van der Waals surface area contributed by atoms with E-state index in [-0.39, 0.29) is 60.8 Å². The van der Waals surface area contributed by atoms with Gasteiger partial charge >= 0.3 is 0 Å². The number of hydrogen-bond acceptors (Lipinski definition) is 8.